The molecule has 0 spiro atoms. The zero-order valence-electron chi connectivity index (χ0n) is 17.5. The van der Waals surface area contributed by atoms with Crippen LogP contribution in [0.15, 0.2) is 30.3 Å². The number of hydrogen-bond donors (Lipinski definition) is 2. The van der Waals surface area contributed by atoms with Gasteiger partial charge < -0.3 is 10.6 Å². The largest absolute Gasteiger partial charge is 0.353 e. The van der Waals surface area contributed by atoms with Gasteiger partial charge in [0.15, 0.2) is 0 Å². The van der Waals surface area contributed by atoms with Crippen molar-refractivity contribution in [3.63, 3.8) is 0 Å². The topological polar surface area (TPSA) is 84.3 Å². The van der Waals surface area contributed by atoms with E-state index in [-0.39, 0.29) is 17.8 Å². The molecule has 7 heteroatoms. The van der Waals surface area contributed by atoms with Crippen molar-refractivity contribution in [1.29, 1.82) is 0 Å². The fourth-order valence-corrected chi connectivity index (χ4v) is 5.65. The van der Waals surface area contributed by atoms with Gasteiger partial charge in [-0.15, -0.1) is 11.3 Å². The molecule has 0 saturated carbocycles. The zero-order chi connectivity index (χ0) is 21.5. The van der Waals surface area contributed by atoms with Crippen LogP contribution in [0, 0.1) is 21.4 Å². The van der Waals surface area contributed by atoms with Gasteiger partial charge in [-0.25, -0.2) is 0 Å². The molecule has 1 aromatic heterocycles. The summed E-state index contributed by atoms with van der Waals surface area (Å²) in [6.45, 7) is 6.95. The fraction of sp³-hybridized carbons (Fsp3) is 0.435. The quantitative estimate of drug-likeness (QED) is 0.497. The molecule has 1 amide bonds. The number of fused-ring (bicyclic) bond motifs is 3. The number of nitro benzene ring substituents is 1. The molecule has 6 nitrogen and oxygen atoms in total. The predicted molar refractivity (Wildman–Crippen MR) is 121 cm³/mol. The van der Waals surface area contributed by atoms with Crippen LogP contribution in [0.4, 0.5) is 10.7 Å². The second-order valence-electron chi connectivity index (χ2n) is 8.79. The van der Waals surface area contributed by atoms with Gasteiger partial charge in [0.2, 0.25) is 0 Å². The fourth-order valence-electron chi connectivity index (χ4n) is 4.28. The van der Waals surface area contributed by atoms with E-state index in [4.69, 9.17) is 0 Å². The zero-order valence-corrected chi connectivity index (χ0v) is 18.3. The molecule has 1 aliphatic heterocycles. The molecular weight excluding hydrogens is 398 g/mol. The van der Waals surface area contributed by atoms with E-state index >= 15 is 0 Å². The van der Waals surface area contributed by atoms with Crippen molar-refractivity contribution in [2.45, 2.75) is 52.6 Å². The third-order valence-corrected chi connectivity index (χ3v) is 7.85. The van der Waals surface area contributed by atoms with Gasteiger partial charge in [-0.3, -0.25) is 14.9 Å². The standard InChI is InChI=1S/C23H27N3O3S/c1-4-23(2,3)15-8-11-17-18(13-15)30-22-20(17)21(27)24-19(25-22)12-7-14-5-9-16(10-6-14)26(28)29/h5-7,9-10,12,15,19,25H,4,8,11,13H2,1-3H3,(H,24,27)/b12-7+. The van der Waals surface area contributed by atoms with E-state index in [1.807, 2.05) is 12.2 Å². The van der Waals surface area contributed by atoms with Crippen molar-refractivity contribution in [3.8, 4) is 0 Å². The molecule has 158 valence electrons. The number of carbonyl (C=O) groups excluding carboxylic acids is 1. The van der Waals surface area contributed by atoms with Crippen LogP contribution >= 0.6 is 11.3 Å². The number of hydrogen-bond acceptors (Lipinski definition) is 5. The lowest BCUT2D eigenvalue weighted by molar-refractivity contribution is -0.384. The molecule has 4 rings (SSSR count). The van der Waals surface area contributed by atoms with Crippen molar-refractivity contribution in [3.05, 3.63) is 62.0 Å². The van der Waals surface area contributed by atoms with Crippen LogP contribution < -0.4 is 10.6 Å². The summed E-state index contributed by atoms with van der Waals surface area (Å²) < 4.78 is 0. The Morgan fingerprint density at radius 1 is 1.27 bits per heavy atom. The van der Waals surface area contributed by atoms with Gasteiger partial charge >= 0.3 is 0 Å². The highest BCUT2D eigenvalue weighted by molar-refractivity contribution is 7.16. The molecule has 2 unspecified atom stereocenters. The second kappa shape index (κ2) is 7.87. The maximum absolute atomic E-state index is 12.8. The summed E-state index contributed by atoms with van der Waals surface area (Å²) in [5, 5.41) is 18.2. The molecule has 2 aromatic rings. The monoisotopic (exact) mass is 425 g/mol. The number of non-ortho nitro benzene ring substituents is 1. The van der Waals surface area contributed by atoms with E-state index in [2.05, 4.69) is 31.4 Å². The number of amides is 1. The van der Waals surface area contributed by atoms with Gasteiger partial charge in [0, 0.05) is 17.0 Å². The Bertz CT molecular complexity index is 1010. The third kappa shape index (κ3) is 3.86. The minimum atomic E-state index is -0.414. The molecule has 0 fully saturated rings. The minimum absolute atomic E-state index is 0.0206. The predicted octanol–water partition coefficient (Wildman–Crippen LogP) is 5.39. The summed E-state index contributed by atoms with van der Waals surface area (Å²) in [6, 6.07) is 6.35. The van der Waals surface area contributed by atoms with E-state index in [1.165, 1.54) is 22.6 Å². The first-order valence-corrected chi connectivity index (χ1v) is 11.2. The highest BCUT2D eigenvalue weighted by Gasteiger charge is 2.36. The molecular formula is C23H27N3O3S. The maximum atomic E-state index is 12.8. The Hall–Kier alpha value is -2.67. The number of nitrogens with one attached hydrogen (secondary N) is 2. The molecule has 2 heterocycles. The molecule has 1 aliphatic carbocycles. The average molecular weight is 426 g/mol. The lowest BCUT2D eigenvalue weighted by atomic mass is 9.69. The number of thiophene rings is 1. The van der Waals surface area contributed by atoms with Crippen LogP contribution in [-0.4, -0.2) is 17.0 Å². The Balaban J connectivity index is 1.51. The summed E-state index contributed by atoms with van der Waals surface area (Å²) in [5.41, 5.74) is 3.27. The van der Waals surface area contributed by atoms with Crippen LogP contribution in [0.3, 0.4) is 0 Å². The summed E-state index contributed by atoms with van der Waals surface area (Å²) in [4.78, 5) is 24.6. The van der Waals surface area contributed by atoms with Gasteiger partial charge in [-0.05, 0) is 59.9 Å². The summed E-state index contributed by atoms with van der Waals surface area (Å²) >= 11 is 1.72. The maximum Gasteiger partial charge on any atom is 0.269 e. The first kappa shape index (κ1) is 20.6. The summed E-state index contributed by atoms with van der Waals surface area (Å²) in [6.07, 6.45) is 7.74. The first-order chi connectivity index (χ1) is 14.3. The van der Waals surface area contributed by atoms with Crippen LogP contribution in [-0.2, 0) is 12.8 Å². The number of anilines is 1. The minimum Gasteiger partial charge on any atom is -0.353 e. The molecule has 2 N–H and O–H groups in total. The molecule has 1 aromatic carbocycles. The third-order valence-electron chi connectivity index (χ3n) is 6.67. The van der Waals surface area contributed by atoms with Crippen LogP contribution in [0.25, 0.3) is 6.08 Å². The molecule has 0 bridgehead atoms. The molecule has 30 heavy (non-hydrogen) atoms. The second-order valence-corrected chi connectivity index (χ2v) is 9.90. The molecule has 2 atom stereocenters. The van der Waals surface area contributed by atoms with Gasteiger partial charge in [0.25, 0.3) is 11.6 Å². The number of nitro groups is 1. The van der Waals surface area contributed by atoms with Crippen LogP contribution in [0.1, 0.15) is 60.0 Å². The number of carbonyl (C=O) groups is 1. The number of benzene rings is 1. The lowest BCUT2D eigenvalue weighted by Gasteiger charge is -2.36. The Labute approximate surface area is 180 Å². The van der Waals surface area contributed by atoms with Gasteiger partial charge in [0.05, 0.1) is 10.5 Å². The van der Waals surface area contributed by atoms with Gasteiger partial charge in [0.1, 0.15) is 11.2 Å². The Kier molecular flexibility index (Phi) is 5.40. The molecule has 0 radical (unpaired) electrons. The summed E-state index contributed by atoms with van der Waals surface area (Å²) in [5.74, 6) is 0.629. The average Bonchev–Trinajstić information content (AvgIpc) is 3.10. The highest BCUT2D eigenvalue weighted by atomic mass is 32.1. The van der Waals surface area contributed by atoms with Crippen molar-refractivity contribution in [2.75, 3.05) is 5.32 Å². The van der Waals surface area contributed by atoms with Crippen molar-refractivity contribution >= 4 is 34.0 Å². The smallest absolute Gasteiger partial charge is 0.269 e. The van der Waals surface area contributed by atoms with Crippen molar-refractivity contribution in [2.24, 2.45) is 11.3 Å². The SMILES string of the molecule is CCC(C)(C)C1CCc2c(sc3c2C(=O)NC(/C=C/c2ccc([N+](=O)[O-])cc2)N3)C1. The van der Waals surface area contributed by atoms with Crippen molar-refractivity contribution < 1.29 is 9.72 Å². The molecule has 0 saturated heterocycles. The van der Waals surface area contributed by atoms with Gasteiger partial charge in [-0.1, -0.05) is 33.3 Å². The van der Waals surface area contributed by atoms with Gasteiger partial charge in [-0.2, -0.15) is 0 Å². The van der Waals surface area contributed by atoms with E-state index in [0.717, 1.165) is 41.8 Å². The van der Waals surface area contributed by atoms with Crippen molar-refractivity contribution in [1.82, 2.24) is 5.32 Å². The normalized spacial score (nSPS) is 21.0. The highest BCUT2D eigenvalue weighted by Crippen LogP contribution is 2.46. The lowest BCUT2D eigenvalue weighted by Crippen LogP contribution is -2.43. The van der Waals surface area contributed by atoms with E-state index in [0.29, 0.717) is 11.3 Å². The Morgan fingerprint density at radius 3 is 2.67 bits per heavy atom. The number of nitrogens with zero attached hydrogens (tertiary/aromatic N) is 1. The van der Waals surface area contributed by atoms with E-state index < -0.39 is 4.92 Å². The summed E-state index contributed by atoms with van der Waals surface area (Å²) in [7, 11) is 0. The number of rotatable bonds is 5. The van der Waals surface area contributed by atoms with E-state index in [1.54, 1.807) is 23.5 Å². The van der Waals surface area contributed by atoms with Crippen LogP contribution in [0.2, 0.25) is 0 Å². The van der Waals surface area contributed by atoms with Crippen LogP contribution in [0.5, 0.6) is 0 Å². The molecule has 2 aliphatic rings. The first-order valence-electron chi connectivity index (χ1n) is 10.4. The Morgan fingerprint density at radius 2 is 2.00 bits per heavy atom. The van der Waals surface area contributed by atoms with E-state index in [9.17, 15) is 14.9 Å².